The highest BCUT2D eigenvalue weighted by molar-refractivity contribution is 9.09. The summed E-state index contributed by atoms with van der Waals surface area (Å²) < 4.78 is 17.2. The van der Waals surface area contributed by atoms with Crippen molar-refractivity contribution in [3.8, 4) is 0 Å². The van der Waals surface area contributed by atoms with Gasteiger partial charge < -0.3 is 4.74 Å². The molecule has 11 heavy (non-hydrogen) atoms. The van der Waals surface area contributed by atoms with Crippen LogP contribution in [0.1, 0.15) is 13.8 Å². The summed E-state index contributed by atoms with van der Waals surface area (Å²) in [7, 11) is 0. The SMILES string of the molecule is CCOC(=O)C(F)=C(C)CBr. The summed E-state index contributed by atoms with van der Waals surface area (Å²) in [6.45, 7) is 3.36. The number of alkyl halides is 1. The van der Waals surface area contributed by atoms with Crippen LogP contribution in [0.15, 0.2) is 11.4 Å². The minimum Gasteiger partial charge on any atom is -0.461 e. The van der Waals surface area contributed by atoms with Crippen LogP contribution in [0, 0.1) is 0 Å². The molecule has 0 amide bonds. The van der Waals surface area contributed by atoms with Crippen LogP contribution in [-0.4, -0.2) is 17.9 Å². The number of ether oxygens (including phenoxy) is 1. The number of esters is 1. The van der Waals surface area contributed by atoms with E-state index < -0.39 is 11.8 Å². The van der Waals surface area contributed by atoms with E-state index in [1.807, 2.05) is 0 Å². The van der Waals surface area contributed by atoms with Crippen LogP contribution < -0.4 is 0 Å². The third-order valence-corrected chi connectivity index (χ3v) is 1.87. The average molecular weight is 225 g/mol. The Kier molecular flexibility index (Phi) is 5.11. The van der Waals surface area contributed by atoms with Crippen LogP contribution in [0.2, 0.25) is 0 Å². The van der Waals surface area contributed by atoms with Gasteiger partial charge in [0.15, 0.2) is 0 Å². The van der Waals surface area contributed by atoms with Crippen molar-refractivity contribution in [2.24, 2.45) is 0 Å². The van der Waals surface area contributed by atoms with Crippen LogP contribution in [0.3, 0.4) is 0 Å². The molecule has 0 N–H and O–H groups in total. The molecule has 0 aromatic heterocycles. The number of carbonyl (C=O) groups excluding carboxylic acids is 1. The lowest BCUT2D eigenvalue weighted by Gasteiger charge is -2.00. The number of hydrogen-bond acceptors (Lipinski definition) is 2. The summed E-state index contributed by atoms with van der Waals surface area (Å²) in [6.07, 6.45) is 0. The van der Waals surface area contributed by atoms with Crippen molar-refractivity contribution < 1.29 is 13.9 Å². The molecular weight excluding hydrogens is 215 g/mol. The molecule has 0 aliphatic carbocycles. The number of carbonyl (C=O) groups is 1. The summed E-state index contributed by atoms with van der Waals surface area (Å²) in [5.74, 6) is -1.69. The quantitative estimate of drug-likeness (QED) is 0.418. The molecule has 0 aliphatic rings. The third kappa shape index (κ3) is 3.51. The first kappa shape index (κ1) is 10.6. The van der Waals surface area contributed by atoms with Gasteiger partial charge in [-0.1, -0.05) is 15.9 Å². The second kappa shape index (κ2) is 5.29. The van der Waals surface area contributed by atoms with Gasteiger partial charge in [0.05, 0.1) is 6.61 Å². The molecule has 0 bridgehead atoms. The Morgan fingerprint density at radius 2 is 2.18 bits per heavy atom. The molecule has 0 unspecified atom stereocenters. The fourth-order valence-electron chi connectivity index (χ4n) is 0.427. The molecule has 0 fully saturated rings. The summed E-state index contributed by atoms with van der Waals surface area (Å²) >= 11 is 3.03. The highest BCUT2D eigenvalue weighted by Gasteiger charge is 2.11. The molecule has 2 nitrogen and oxygen atoms in total. The number of halogens is 2. The fraction of sp³-hybridized carbons (Fsp3) is 0.571. The van der Waals surface area contributed by atoms with Gasteiger partial charge >= 0.3 is 5.97 Å². The second-order valence-corrected chi connectivity index (χ2v) is 2.51. The Morgan fingerprint density at radius 3 is 2.55 bits per heavy atom. The highest BCUT2D eigenvalue weighted by Crippen LogP contribution is 2.09. The molecule has 0 atom stereocenters. The molecule has 64 valence electrons. The van der Waals surface area contributed by atoms with Crippen molar-refractivity contribution in [2.75, 3.05) is 11.9 Å². The van der Waals surface area contributed by atoms with E-state index in [0.717, 1.165) is 0 Å². The number of allylic oxidation sites excluding steroid dienone is 1. The molecule has 0 spiro atoms. The summed E-state index contributed by atoms with van der Waals surface area (Å²) in [5, 5.41) is 0.345. The third-order valence-electron chi connectivity index (χ3n) is 1.03. The minimum absolute atomic E-state index is 0.196. The maximum atomic E-state index is 12.8. The smallest absolute Gasteiger partial charge is 0.367 e. The minimum atomic E-state index is -0.885. The maximum Gasteiger partial charge on any atom is 0.367 e. The Bertz CT molecular complexity index is 177. The van der Waals surface area contributed by atoms with Crippen molar-refractivity contribution in [1.29, 1.82) is 0 Å². The zero-order valence-electron chi connectivity index (χ0n) is 6.49. The molecule has 0 rings (SSSR count). The summed E-state index contributed by atoms with van der Waals surface area (Å²) in [6, 6.07) is 0. The predicted molar refractivity (Wildman–Crippen MR) is 44.2 cm³/mol. The van der Waals surface area contributed by atoms with Crippen LogP contribution >= 0.6 is 15.9 Å². The lowest BCUT2D eigenvalue weighted by molar-refractivity contribution is -0.140. The van der Waals surface area contributed by atoms with E-state index in [2.05, 4.69) is 20.7 Å². The first-order valence-corrected chi connectivity index (χ1v) is 4.34. The lowest BCUT2D eigenvalue weighted by atomic mass is 10.3. The zero-order chi connectivity index (χ0) is 8.85. The van der Waals surface area contributed by atoms with E-state index in [-0.39, 0.29) is 6.61 Å². The Hall–Kier alpha value is -0.380. The van der Waals surface area contributed by atoms with E-state index >= 15 is 0 Å². The Balaban J connectivity index is 4.22. The molecule has 0 aliphatic heterocycles. The Labute approximate surface area is 73.5 Å². The van der Waals surface area contributed by atoms with Gasteiger partial charge in [0.1, 0.15) is 0 Å². The van der Waals surface area contributed by atoms with Gasteiger partial charge in [0.25, 0.3) is 0 Å². The van der Waals surface area contributed by atoms with Gasteiger partial charge in [0, 0.05) is 5.33 Å². The lowest BCUT2D eigenvalue weighted by Crippen LogP contribution is -2.06. The summed E-state index contributed by atoms with van der Waals surface area (Å²) in [5.41, 5.74) is 0.350. The normalized spacial score (nSPS) is 12.4. The van der Waals surface area contributed by atoms with E-state index in [0.29, 0.717) is 10.9 Å². The van der Waals surface area contributed by atoms with Gasteiger partial charge in [-0.15, -0.1) is 0 Å². The number of hydrogen-bond donors (Lipinski definition) is 0. The summed E-state index contributed by atoms with van der Waals surface area (Å²) in [4.78, 5) is 10.7. The standard InChI is InChI=1S/C7H10BrFO2/c1-3-11-7(10)6(9)5(2)4-8/h3-4H2,1-2H3. The van der Waals surface area contributed by atoms with Crippen LogP contribution in [0.4, 0.5) is 4.39 Å². The van der Waals surface area contributed by atoms with Crippen molar-refractivity contribution in [3.63, 3.8) is 0 Å². The maximum absolute atomic E-state index is 12.8. The molecule has 0 saturated heterocycles. The van der Waals surface area contributed by atoms with E-state index in [4.69, 9.17) is 0 Å². The van der Waals surface area contributed by atoms with Crippen molar-refractivity contribution in [1.82, 2.24) is 0 Å². The van der Waals surface area contributed by atoms with Gasteiger partial charge in [-0.05, 0) is 19.4 Å². The molecular formula is C7H10BrFO2. The van der Waals surface area contributed by atoms with E-state index in [1.165, 1.54) is 6.92 Å². The molecule has 4 heteroatoms. The zero-order valence-corrected chi connectivity index (χ0v) is 8.07. The molecule has 0 saturated carbocycles. The van der Waals surface area contributed by atoms with Gasteiger partial charge in [0.2, 0.25) is 5.83 Å². The van der Waals surface area contributed by atoms with Gasteiger partial charge in [-0.2, -0.15) is 4.39 Å². The van der Waals surface area contributed by atoms with Crippen LogP contribution in [0.5, 0.6) is 0 Å². The number of rotatable bonds is 3. The largest absolute Gasteiger partial charge is 0.461 e. The molecule has 0 aromatic carbocycles. The van der Waals surface area contributed by atoms with E-state index in [1.54, 1.807) is 6.92 Å². The first-order chi connectivity index (χ1) is 5.13. The van der Waals surface area contributed by atoms with Crippen molar-refractivity contribution >= 4 is 21.9 Å². The molecule has 0 aromatic rings. The van der Waals surface area contributed by atoms with Crippen LogP contribution in [0.25, 0.3) is 0 Å². The topological polar surface area (TPSA) is 26.3 Å². The molecule has 0 heterocycles. The van der Waals surface area contributed by atoms with Gasteiger partial charge in [-0.25, -0.2) is 4.79 Å². The predicted octanol–water partition coefficient (Wildman–Crippen LogP) is 2.19. The van der Waals surface area contributed by atoms with Crippen molar-refractivity contribution in [2.45, 2.75) is 13.8 Å². The average Bonchev–Trinajstić information content (AvgIpc) is 2.02. The first-order valence-electron chi connectivity index (χ1n) is 3.21. The van der Waals surface area contributed by atoms with E-state index in [9.17, 15) is 9.18 Å². The van der Waals surface area contributed by atoms with Crippen LogP contribution in [-0.2, 0) is 9.53 Å². The fourth-order valence-corrected chi connectivity index (χ4v) is 0.674. The molecule has 0 radical (unpaired) electrons. The monoisotopic (exact) mass is 224 g/mol. The Morgan fingerprint density at radius 1 is 1.64 bits per heavy atom. The van der Waals surface area contributed by atoms with Crippen molar-refractivity contribution in [3.05, 3.63) is 11.4 Å². The highest BCUT2D eigenvalue weighted by atomic mass is 79.9. The second-order valence-electron chi connectivity index (χ2n) is 1.95. The van der Waals surface area contributed by atoms with Gasteiger partial charge in [-0.3, -0.25) is 0 Å².